The molecule has 0 amide bonds. The minimum absolute atomic E-state index is 0.693. The predicted octanol–water partition coefficient (Wildman–Crippen LogP) is 3.60. The summed E-state index contributed by atoms with van der Waals surface area (Å²) in [6.07, 6.45) is 6.60. The Balaban J connectivity index is 1.86. The second kappa shape index (κ2) is 4.50. The van der Waals surface area contributed by atoms with Crippen LogP contribution in [0.25, 0.3) is 0 Å². The molecule has 0 saturated heterocycles. The van der Waals surface area contributed by atoms with Crippen LogP contribution in [-0.4, -0.2) is 6.04 Å². The number of rotatable bonds is 4. The molecule has 2 rings (SSSR count). The second-order valence-electron chi connectivity index (χ2n) is 4.20. The molecule has 0 spiro atoms. The summed E-state index contributed by atoms with van der Waals surface area (Å²) in [5, 5.41) is 3.59. The van der Waals surface area contributed by atoms with Crippen LogP contribution in [-0.2, 0) is 6.42 Å². The lowest BCUT2D eigenvalue weighted by atomic mass is 10.0. The SMILES string of the molecule is CCCCC[C@@H]1Cc2ccccc2N1. The molecular formula is C13H19N. The van der Waals surface area contributed by atoms with Gasteiger partial charge < -0.3 is 5.32 Å². The zero-order valence-electron chi connectivity index (χ0n) is 8.92. The fourth-order valence-electron chi connectivity index (χ4n) is 2.19. The first-order chi connectivity index (χ1) is 6.90. The fourth-order valence-corrected chi connectivity index (χ4v) is 2.19. The summed E-state index contributed by atoms with van der Waals surface area (Å²) in [5.41, 5.74) is 2.85. The minimum Gasteiger partial charge on any atom is -0.382 e. The van der Waals surface area contributed by atoms with Gasteiger partial charge in [-0.2, -0.15) is 0 Å². The Morgan fingerprint density at radius 2 is 2.14 bits per heavy atom. The van der Waals surface area contributed by atoms with E-state index < -0.39 is 0 Å². The molecular weight excluding hydrogens is 170 g/mol. The van der Waals surface area contributed by atoms with Gasteiger partial charge in [0.25, 0.3) is 0 Å². The molecule has 0 aromatic heterocycles. The Kier molecular flexibility index (Phi) is 3.07. The molecule has 0 radical (unpaired) electrons. The zero-order chi connectivity index (χ0) is 9.80. The summed E-state index contributed by atoms with van der Waals surface area (Å²) in [6, 6.07) is 9.37. The molecule has 0 fully saturated rings. The van der Waals surface area contributed by atoms with Crippen LogP contribution in [0.1, 0.15) is 38.2 Å². The third-order valence-electron chi connectivity index (χ3n) is 3.00. The molecule has 0 saturated carbocycles. The number of hydrogen-bond donors (Lipinski definition) is 1. The highest BCUT2D eigenvalue weighted by Gasteiger charge is 2.18. The molecule has 1 aromatic carbocycles. The number of unbranched alkanes of at least 4 members (excludes halogenated alkanes) is 2. The highest BCUT2D eigenvalue weighted by molar-refractivity contribution is 5.56. The van der Waals surface area contributed by atoms with E-state index >= 15 is 0 Å². The summed E-state index contributed by atoms with van der Waals surface area (Å²) >= 11 is 0. The predicted molar refractivity (Wildman–Crippen MR) is 61.7 cm³/mol. The lowest BCUT2D eigenvalue weighted by molar-refractivity contribution is 0.598. The summed E-state index contributed by atoms with van der Waals surface area (Å²) in [7, 11) is 0. The van der Waals surface area contributed by atoms with Crippen LogP contribution in [0, 0.1) is 0 Å². The molecule has 1 heteroatoms. The Morgan fingerprint density at radius 3 is 2.93 bits per heavy atom. The molecule has 1 aliphatic rings. The van der Waals surface area contributed by atoms with Gasteiger partial charge in [-0.25, -0.2) is 0 Å². The van der Waals surface area contributed by atoms with Gasteiger partial charge in [-0.3, -0.25) is 0 Å². The Morgan fingerprint density at radius 1 is 1.29 bits per heavy atom. The van der Waals surface area contributed by atoms with Gasteiger partial charge in [0.2, 0.25) is 0 Å². The molecule has 1 atom stereocenters. The van der Waals surface area contributed by atoms with Gasteiger partial charge in [0.05, 0.1) is 0 Å². The Hall–Kier alpha value is -0.980. The van der Waals surface area contributed by atoms with Gasteiger partial charge in [-0.05, 0) is 24.5 Å². The molecule has 0 bridgehead atoms. The summed E-state index contributed by atoms with van der Waals surface area (Å²) in [5.74, 6) is 0. The fraction of sp³-hybridized carbons (Fsp3) is 0.538. The van der Waals surface area contributed by atoms with E-state index in [0.29, 0.717) is 6.04 Å². The van der Waals surface area contributed by atoms with Crippen molar-refractivity contribution in [3.63, 3.8) is 0 Å². The minimum atomic E-state index is 0.693. The zero-order valence-corrected chi connectivity index (χ0v) is 8.92. The molecule has 1 N–H and O–H groups in total. The molecule has 1 aliphatic heterocycles. The topological polar surface area (TPSA) is 12.0 Å². The molecule has 0 unspecified atom stereocenters. The summed E-state index contributed by atoms with van der Waals surface area (Å²) < 4.78 is 0. The van der Waals surface area contributed by atoms with E-state index in [1.165, 1.54) is 43.4 Å². The third-order valence-corrected chi connectivity index (χ3v) is 3.00. The number of benzene rings is 1. The lowest BCUT2D eigenvalue weighted by Crippen LogP contribution is -2.14. The van der Waals surface area contributed by atoms with Crippen LogP contribution in [0.15, 0.2) is 24.3 Å². The quantitative estimate of drug-likeness (QED) is 0.713. The van der Waals surface area contributed by atoms with Crippen molar-refractivity contribution in [2.24, 2.45) is 0 Å². The lowest BCUT2D eigenvalue weighted by Gasteiger charge is -2.09. The van der Waals surface area contributed by atoms with Crippen molar-refractivity contribution < 1.29 is 0 Å². The highest BCUT2D eigenvalue weighted by atomic mass is 14.9. The number of anilines is 1. The van der Waals surface area contributed by atoms with Crippen LogP contribution < -0.4 is 5.32 Å². The number of hydrogen-bond acceptors (Lipinski definition) is 1. The molecule has 76 valence electrons. The van der Waals surface area contributed by atoms with Gasteiger partial charge in [0.1, 0.15) is 0 Å². The van der Waals surface area contributed by atoms with Gasteiger partial charge >= 0.3 is 0 Å². The van der Waals surface area contributed by atoms with E-state index in [1.807, 2.05) is 0 Å². The van der Waals surface area contributed by atoms with E-state index in [0.717, 1.165) is 0 Å². The molecule has 1 aromatic rings. The monoisotopic (exact) mass is 189 g/mol. The van der Waals surface area contributed by atoms with Crippen molar-refractivity contribution in [2.45, 2.75) is 45.1 Å². The van der Waals surface area contributed by atoms with Gasteiger partial charge in [0.15, 0.2) is 0 Å². The summed E-state index contributed by atoms with van der Waals surface area (Å²) in [6.45, 7) is 2.26. The number of fused-ring (bicyclic) bond motifs is 1. The average Bonchev–Trinajstić information content (AvgIpc) is 2.60. The first kappa shape index (κ1) is 9.57. The Bertz CT molecular complexity index is 268. The van der Waals surface area contributed by atoms with Gasteiger partial charge in [-0.1, -0.05) is 44.4 Å². The van der Waals surface area contributed by atoms with E-state index in [-0.39, 0.29) is 0 Å². The van der Waals surface area contributed by atoms with Crippen LogP contribution in [0.3, 0.4) is 0 Å². The van der Waals surface area contributed by atoms with Crippen LogP contribution in [0.5, 0.6) is 0 Å². The first-order valence-corrected chi connectivity index (χ1v) is 5.74. The van der Waals surface area contributed by atoms with Crippen molar-refractivity contribution in [3.8, 4) is 0 Å². The largest absolute Gasteiger partial charge is 0.382 e. The van der Waals surface area contributed by atoms with Gasteiger partial charge in [-0.15, -0.1) is 0 Å². The van der Waals surface area contributed by atoms with E-state index in [4.69, 9.17) is 0 Å². The Labute approximate surface area is 86.5 Å². The van der Waals surface area contributed by atoms with Crippen LogP contribution in [0.4, 0.5) is 5.69 Å². The maximum Gasteiger partial charge on any atom is 0.0375 e. The number of nitrogens with one attached hydrogen (secondary N) is 1. The van der Waals surface area contributed by atoms with E-state index in [2.05, 4.69) is 36.5 Å². The van der Waals surface area contributed by atoms with E-state index in [9.17, 15) is 0 Å². The smallest absolute Gasteiger partial charge is 0.0375 e. The third kappa shape index (κ3) is 2.09. The normalized spacial score (nSPS) is 19.1. The average molecular weight is 189 g/mol. The maximum absolute atomic E-state index is 3.59. The standard InChI is InChI=1S/C13H19N/c1-2-3-4-8-12-10-11-7-5-6-9-13(11)14-12/h5-7,9,12,14H,2-4,8,10H2,1H3/t12-/m1/s1. The van der Waals surface area contributed by atoms with Gasteiger partial charge in [0, 0.05) is 11.7 Å². The number of para-hydroxylation sites is 1. The highest BCUT2D eigenvalue weighted by Crippen LogP contribution is 2.27. The van der Waals surface area contributed by atoms with E-state index in [1.54, 1.807) is 0 Å². The van der Waals surface area contributed by atoms with Crippen LogP contribution >= 0.6 is 0 Å². The summed E-state index contributed by atoms with van der Waals surface area (Å²) in [4.78, 5) is 0. The molecule has 14 heavy (non-hydrogen) atoms. The maximum atomic E-state index is 3.59. The second-order valence-corrected chi connectivity index (χ2v) is 4.20. The van der Waals surface area contributed by atoms with Crippen molar-refractivity contribution in [1.29, 1.82) is 0 Å². The first-order valence-electron chi connectivity index (χ1n) is 5.74. The van der Waals surface area contributed by atoms with Crippen molar-refractivity contribution >= 4 is 5.69 Å². The van der Waals surface area contributed by atoms with Crippen molar-refractivity contribution in [3.05, 3.63) is 29.8 Å². The molecule has 0 aliphatic carbocycles. The molecule has 1 nitrogen and oxygen atoms in total. The van der Waals surface area contributed by atoms with Crippen LogP contribution in [0.2, 0.25) is 0 Å². The van der Waals surface area contributed by atoms with Crippen molar-refractivity contribution in [1.82, 2.24) is 0 Å². The van der Waals surface area contributed by atoms with Crippen molar-refractivity contribution in [2.75, 3.05) is 5.32 Å². The molecule has 1 heterocycles.